The van der Waals surface area contributed by atoms with E-state index in [4.69, 9.17) is 0 Å². The Bertz CT molecular complexity index is 254. The molecule has 0 aliphatic heterocycles. The molecule has 1 rings (SSSR count). The van der Waals surface area contributed by atoms with E-state index in [1.54, 1.807) is 0 Å². The topological polar surface area (TPSA) is 38.7 Å². The van der Waals surface area contributed by atoms with Crippen molar-refractivity contribution < 1.29 is 5.11 Å². The predicted octanol–water partition coefficient (Wildman–Crippen LogP) is 1.40. The molecule has 2 atom stereocenters. The fourth-order valence-electron chi connectivity index (χ4n) is 3.56. The summed E-state index contributed by atoms with van der Waals surface area (Å²) in [6.45, 7) is 7.18. The SMILES string of the molecule is CCN(CCCN(C)C)CCC1CCCC1(CO)NC. The van der Waals surface area contributed by atoms with E-state index in [0.29, 0.717) is 5.92 Å². The van der Waals surface area contributed by atoms with E-state index in [1.807, 2.05) is 7.05 Å². The van der Waals surface area contributed by atoms with Gasteiger partial charge in [-0.05, 0) is 78.9 Å². The normalized spacial score (nSPS) is 26.9. The average molecular weight is 285 g/mol. The molecule has 0 aromatic carbocycles. The summed E-state index contributed by atoms with van der Waals surface area (Å²) in [5.74, 6) is 0.625. The lowest BCUT2D eigenvalue weighted by atomic mass is 9.85. The van der Waals surface area contributed by atoms with E-state index < -0.39 is 0 Å². The van der Waals surface area contributed by atoms with Crippen LogP contribution >= 0.6 is 0 Å². The minimum absolute atomic E-state index is 0.0109. The van der Waals surface area contributed by atoms with Gasteiger partial charge in [-0.2, -0.15) is 0 Å². The molecule has 1 aliphatic rings. The zero-order chi connectivity index (χ0) is 15.0. The zero-order valence-electron chi connectivity index (χ0n) is 14.0. The van der Waals surface area contributed by atoms with E-state index in [9.17, 15) is 5.11 Å². The van der Waals surface area contributed by atoms with Crippen LogP contribution in [0.2, 0.25) is 0 Å². The highest BCUT2D eigenvalue weighted by atomic mass is 16.3. The third-order valence-corrected chi connectivity index (χ3v) is 5.06. The van der Waals surface area contributed by atoms with E-state index >= 15 is 0 Å². The maximum Gasteiger partial charge on any atom is 0.0615 e. The van der Waals surface area contributed by atoms with Crippen molar-refractivity contribution in [3.05, 3.63) is 0 Å². The molecular formula is C16H35N3O. The van der Waals surface area contributed by atoms with E-state index in [-0.39, 0.29) is 12.1 Å². The van der Waals surface area contributed by atoms with Gasteiger partial charge in [0.1, 0.15) is 0 Å². The lowest BCUT2D eigenvalue weighted by molar-refractivity contribution is 0.118. The van der Waals surface area contributed by atoms with Gasteiger partial charge < -0.3 is 20.2 Å². The molecule has 20 heavy (non-hydrogen) atoms. The molecule has 0 spiro atoms. The maximum atomic E-state index is 9.73. The van der Waals surface area contributed by atoms with Crippen molar-refractivity contribution >= 4 is 0 Å². The summed E-state index contributed by atoms with van der Waals surface area (Å²) < 4.78 is 0. The molecule has 0 bridgehead atoms. The summed E-state index contributed by atoms with van der Waals surface area (Å²) in [4.78, 5) is 4.81. The number of likely N-dealkylation sites (N-methyl/N-ethyl adjacent to an activating group) is 1. The van der Waals surface area contributed by atoms with Crippen LogP contribution in [-0.2, 0) is 0 Å². The van der Waals surface area contributed by atoms with Crippen LogP contribution in [0.25, 0.3) is 0 Å². The highest BCUT2D eigenvalue weighted by Gasteiger charge is 2.40. The Morgan fingerprint density at radius 3 is 2.55 bits per heavy atom. The zero-order valence-corrected chi connectivity index (χ0v) is 14.0. The van der Waals surface area contributed by atoms with Crippen LogP contribution in [0.4, 0.5) is 0 Å². The van der Waals surface area contributed by atoms with Crippen molar-refractivity contribution in [2.75, 3.05) is 53.9 Å². The highest BCUT2D eigenvalue weighted by Crippen LogP contribution is 2.37. The number of nitrogens with one attached hydrogen (secondary N) is 1. The van der Waals surface area contributed by atoms with Crippen LogP contribution in [0.15, 0.2) is 0 Å². The summed E-state index contributed by atoms with van der Waals surface area (Å²) in [7, 11) is 6.28. The molecule has 0 saturated heterocycles. The Hall–Kier alpha value is -0.160. The van der Waals surface area contributed by atoms with Gasteiger partial charge in [0.05, 0.1) is 6.61 Å². The third-order valence-electron chi connectivity index (χ3n) is 5.06. The monoisotopic (exact) mass is 285 g/mol. The molecule has 2 N–H and O–H groups in total. The van der Waals surface area contributed by atoms with Crippen molar-refractivity contribution in [3.8, 4) is 0 Å². The van der Waals surface area contributed by atoms with E-state index in [2.05, 4.69) is 36.1 Å². The summed E-state index contributed by atoms with van der Waals surface area (Å²) in [6, 6.07) is 0. The van der Waals surface area contributed by atoms with Gasteiger partial charge in [0, 0.05) is 5.54 Å². The van der Waals surface area contributed by atoms with E-state index in [0.717, 1.165) is 26.1 Å². The van der Waals surface area contributed by atoms with Crippen molar-refractivity contribution in [2.45, 2.75) is 44.6 Å². The second kappa shape index (κ2) is 8.98. The molecule has 0 heterocycles. The van der Waals surface area contributed by atoms with Crippen LogP contribution in [-0.4, -0.2) is 74.4 Å². The van der Waals surface area contributed by atoms with Crippen LogP contribution in [0.3, 0.4) is 0 Å². The molecule has 0 aromatic heterocycles. The summed E-state index contributed by atoms with van der Waals surface area (Å²) >= 11 is 0. The van der Waals surface area contributed by atoms with Gasteiger partial charge >= 0.3 is 0 Å². The summed E-state index contributed by atoms with van der Waals surface area (Å²) in [5.41, 5.74) is -0.0109. The second-order valence-electron chi connectivity index (χ2n) is 6.53. The first-order chi connectivity index (χ1) is 9.57. The Morgan fingerprint density at radius 2 is 2.00 bits per heavy atom. The van der Waals surface area contributed by atoms with Gasteiger partial charge in [0.15, 0.2) is 0 Å². The molecule has 1 fully saturated rings. The summed E-state index contributed by atoms with van der Waals surface area (Å²) in [5, 5.41) is 13.1. The minimum atomic E-state index is -0.0109. The van der Waals surface area contributed by atoms with Crippen LogP contribution < -0.4 is 5.32 Å². The quantitative estimate of drug-likeness (QED) is 0.636. The molecule has 1 aliphatic carbocycles. The van der Waals surface area contributed by atoms with Gasteiger partial charge in [-0.15, -0.1) is 0 Å². The van der Waals surface area contributed by atoms with Crippen molar-refractivity contribution in [1.82, 2.24) is 15.1 Å². The number of aliphatic hydroxyl groups excluding tert-OH is 1. The molecule has 4 heteroatoms. The summed E-state index contributed by atoms with van der Waals surface area (Å²) in [6.07, 6.45) is 6.08. The Kier molecular flexibility index (Phi) is 8.03. The molecule has 4 nitrogen and oxygen atoms in total. The first-order valence-electron chi connectivity index (χ1n) is 8.24. The fourth-order valence-corrected chi connectivity index (χ4v) is 3.56. The largest absolute Gasteiger partial charge is 0.394 e. The van der Waals surface area contributed by atoms with Gasteiger partial charge in [0.25, 0.3) is 0 Å². The smallest absolute Gasteiger partial charge is 0.0615 e. The van der Waals surface area contributed by atoms with Crippen LogP contribution in [0.1, 0.15) is 39.0 Å². The van der Waals surface area contributed by atoms with Gasteiger partial charge in [-0.25, -0.2) is 0 Å². The standard InChI is InChI=1S/C16H35N3O/c1-5-19(12-7-11-18(3)4)13-9-15-8-6-10-16(15,14-20)17-2/h15,17,20H,5-14H2,1-4H3. The lowest BCUT2D eigenvalue weighted by Crippen LogP contribution is -2.50. The predicted molar refractivity (Wildman–Crippen MR) is 86.1 cm³/mol. The molecule has 0 radical (unpaired) electrons. The van der Waals surface area contributed by atoms with Gasteiger partial charge in [-0.3, -0.25) is 0 Å². The Labute approximate surface area is 125 Å². The highest BCUT2D eigenvalue weighted by molar-refractivity contribution is 4.98. The first kappa shape index (κ1) is 17.9. The number of rotatable bonds is 10. The fraction of sp³-hybridized carbons (Fsp3) is 1.00. The van der Waals surface area contributed by atoms with Gasteiger partial charge in [0.2, 0.25) is 0 Å². The molecule has 120 valence electrons. The number of hydrogen-bond acceptors (Lipinski definition) is 4. The number of hydrogen-bond donors (Lipinski definition) is 2. The van der Waals surface area contributed by atoms with Crippen molar-refractivity contribution in [2.24, 2.45) is 5.92 Å². The second-order valence-corrected chi connectivity index (χ2v) is 6.53. The van der Waals surface area contributed by atoms with E-state index in [1.165, 1.54) is 32.2 Å². The molecular weight excluding hydrogens is 250 g/mol. The molecule has 0 amide bonds. The van der Waals surface area contributed by atoms with Crippen molar-refractivity contribution in [3.63, 3.8) is 0 Å². The first-order valence-corrected chi connectivity index (χ1v) is 8.24. The van der Waals surface area contributed by atoms with Crippen LogP contribution in [0.5, 0.6) is 0 Å². The minimum Gasteiger partial charge on any atom is -0.394 e. The average Bonchev–Trinajstić information content (AvgIpc) is 2.85. The molecule has 0 aromatic rings. The Morgan fingerprint density at radius 1 is 1.25 bits per heavy atom. The van der Waals surface area contributed by atoms with Crippen molar-refractivity contribution in [1.29, 1.82) is 0 Å². The molecule has 1 saturated carbocycles. The third kappa shape index (κ3) is 4.99. The molecule has 2 unspecified atom stereocenters. The number of aliphatic hydroxyl groups is 1. The van der Waals surface area contributed by atoms with Gasteiger partial charge in [-0.1, -0.05) is 13.3 Å². The number of nitrogens with zero attached hydrogens (tertiary/aromatic N) is 2. The maximum absolute atomic E-state index is 9.73. The Balaban J connectivity index is 2.35. The van der Waals surface area contributed by atoms with Crippen LogP contribution in [0, 0.1) is 5.92 Å². The lowest BCUT2D eigenvalue weighted by Gasteiger charge is -2.35.